The molecule has 1 aliphatic rings. The van der Waals surface area contributed by atoms with Crippen LogP contribution in [0.2, 0.25) is 0 Å². The SMILES string of the molecule is Cc1nn(C)c(C)c1CC(C)NC(=O)CCC1CCCC1. The summed E-state index contributed by atoms with van der Waals surface area (Å²) in [6, 6.07) is 0.169. The molecule has 0 aromatic carbocycles. The van der Waals surface area contributed by atoms with Gasteiger partial charge in [0.05, 0.1) is 5.69 Å². The Hall–Kier alpha value is -1.32. The van der Waals surface area contributed by atoms with Crippen molar-refractivity contribution in [1.82, 2.24) is 15.1 Å². The topological polar surface area (TPSA) is 46.9 Å². The minimum absolute atomic E-state index is 0.169. The van der Waals surface area contributed by atoms with Crippen molar-refractivity contribution in [1.29, 1.82) is 0 Å². The lowest BCUT2D eigenvalue weighted by atomic mass is 10.0. The van der Waals surface area contributed by atoms with Gasteiger partial charge in [0.1, 0.15) is 0 Å². The van der Waals surface area contributed by atoms with E-state index in [4.69, 9.17) is 0 Å². The summed E-state index contributed by atoms with van der Waals surface area (Å²) in [6.07, 6.45) is 7.93. The Morgan fingerprint density at radius 3 is 2.62 bits per heavy atom. The minimum atomic E-state index is 0.169. The summed E-state index contributed by atoms with van der Waals surface area (Å²) in [5.41, 5.74) is 3.53. The third kappa shape index (κ3) is 4.32. The molecule has 1 fully saturated rings. The third-order valence-electron chi connectivity index (χ3n) is 4.83. The Bertz CT molecular complexity index is 486. The Labute approximate surface area is 128 Å². The fraction of sp³-hybridized carbons (Fsp3) is 0.765. The van der Waals surface area contributed by atoms with E-state index in [1.807, 2.05) is 18.7 Å². The van der Waals surface area contributed by atoms with E-state index in [0.29, 0.717) is 6.42 Å². The Morgan fingerprint density at radius 2 is 2.05 bits per heavy atom. The largest absolute Gasteiger partial charge is 0.353 e. The average Bonchev–Trinajstić information content (AvgIpc) is 3.01. The lowest BCUT2D eigenvalue weighted by molar-refractivity contribution is -0.122. The first-order valence-corrected chi connectivity index (χ1v) is 8.25. The number of carbonyl (C=O) groups is 1. The van der Waals surface area contributed by atoms with Crippen LogP contribution in [-0.2, 0) is 18.3 Å². The number of hydrogen-bond donors (Lipinski definition) is 1. The van der Waals surface area contributed by atoms with Crippen LogP contribution in [0.25, 0.3) is 0 Å². The van der Waals surface area contributed by atoms with Crippen LogP contribution in [0.1, 0.15) is 62.4 Å². The van der Waals surface area contributed by atoms with Crippen molar-refractivity contribution in [3.05, 3.63) is 17.0 Å². The summed E-state index contributed by atoms with van der Waals surface area (Å²) < 4.78 is 1.92. The fourth-order valence-corrected chi connectivity index (χ4v) is 3.45. The maximum absolute atomic E-state index is 12.0. The molecular weight excluding hydrogens is 262 g/mol. The lowest BCUT2D eigenvalue weighted by Gasteiger charge is -2.15. The molecule has 0 spiro atoms. The van der Waals surface area contributed by atoms with Gasteiger partial charge in [-0.2, -0.15) is 5.10 Å². The van der Waals surface area contributed by atoms with Crippen molar-refractivity contribution in [2.45, 2.75) is 71.8 Å². The Morgan fingerprint density at radius 1 is 1.38 bits per heavy atom. The smallest absolute Gasteiger partial charge is 0.220 e. The second-order valence-electron chi connectivity index (χ2n) is 6.63. The zero-order valence-corrected chi connectivity index (χ0v) is 13.9. The van der Waals surface area contributed by atoms with E-state index < -0.39 is 0 Å². The molecule has 0 radical (unpaired) electrons. The van der Waals surface area contributed by atoms with Crippen LogP contribution < -0.4 is 5.32 Å². The normalized spacial score (nSPS) is 17.1. The van der Waals surface area contributed by atoms with E-state index in [1.54, 1.807) is 0 Å². The molecule has 1 aromatic heterocycles. The first kappa shape index (κ1) is 16.1. The molecule has 1 N–H and O–H groups in total. The van der Waals surface area contributed by atoms with Gasteiger partial charge in [-0.1, -0.05) is 25.7 Å². The van der Waals surface area contributed by atoms with Crippen molar-refractivity contribution in [3.63, 3.8) is 0 Å². The molecule has 4 heteroatoms. The molecule has 1 aromatic rings. The van der Waals surface area contributed by atoms with E-state index >= 15 is 0 Å². The van der Waals surface area contributed by atoms with Gasteiger partial charge in [0.25, 0.3) is 0 Å². The van der Waals surface area contributed by atoms with E-state index in [9.17, 15) is 4.79 Å². The highest BCUT2D eigenvalue weighted by Crippen LogP contribution is 2.28. The van der Waals surface area contributed by atoms with Crippen LogP contribution in [0, 0.1) is 19.8 Å². The first-order chi connectivity index (χ1) is 9.97. The number of aromatic nitrogens is 2. The van der Waals surface area contributed by atoms with Gasteiger partial charge in [-0.3, -0.25) is 9.48 Å². The molecule has 1 aliphatic carbocycles. The number of carbonyl (C=O) groups excluding carboxylic acids is 1. The van der Waals surface area contributed by atoms with Gasteiger partial charge in [0.2, 0.25) is 5.91 Å². The Kier molecular flexibility index (Phi) is 5.43. The molecule has 21 heavy (non-hydrogen) atoms. The van der Waals surface area contributed by atoms with Crippen LogP contribution >= 0.6 is 0 Å². The molecule has 1 saturated carbocycles. The predicted octanol–water partition coefficient (Wildman–Crippen LogP) is 3.05. The molecular formula is C17H29N3O. The molecule has 0 bridgehead atoms. The van der Waals surface area contributed by atoms with Gasteiger partial charge in [0, 0.05) is 25.2 Å². The number of nitrogens with zero attached hydrogens (tertiary/aromatic N) is 2. The van der Waals surface area contributed by atoms with E-state index in [-0.39, 0.29) is 11.9 Å². The van der Waals surface area contributed by atoms with Gasteiger partial charge < -0.3 is 5.32 Å². The fourth-order valence-electron chi connectivity index (χ4n) is 3.45. The van der Waals surface area contributed by atoms with Crippen LogP contribution in [0.4, 0.5) is 0 Å². The second kappa shape index (κ2) is 7.10. The predicted molar refractivity (Wildman–Crippen MR) is 85.2 cm³/mol. The molecule has 1 amide bonds. The molecule has 2 rings (SSSR count). The average molecular weight is 291 g/mol. The third-order valence-corrected chi connectivity index (χ3v) is 4.83. The van der Waals surface area contributed by atoms with Gasteiger partial charge in [-0.25, -0.2) is 0 Å². The number of rotatable bonds is 6. The highest BCUT2D eigenvalue weighted by atomic mass is 16.1. The molecule has 4 nitrogen and oxygen atoms in total. The van der Waals surface area contributed by atoms with Crippen molar-refractivity contribution >= 4 is 5.91 Å². The summed E-state index contributed by atoms with van der Waals surface area (Å²) in [5.74, 6) is 0.988. The highest BCUT2D eigenvalue weighted by molar-refractivity contribution is 5.76. The zero-order valence-electron chi connectivity index (χ0n) is 13.9. The van der Waals surface area contributed by atoms with Crippen molar-refractivity contribution in [3.8, 4) is 0 Å². The molecule has 1 atom stereocenters. The van der Waals surface area contributed by atoms with Crippen LogP contribution in [0.3, 0.4) is 0 Å². The second-order valence-corrected chi connectivity index (χ2v) is 6.63. The Balaban J connectivity index is 1.77. The summed E-state index contributed by atoms with van der Waals surface area (Å²) in [4.78, 5) is 12.0. The number of aryl methyl sites for hydroxylation is 2. The zero-order chi connectivity index (χ0) is 15.4. The van der Waals surface area contributed by atoms with Gasteiger partial charge >= 0.3 is 0 Å². The number of amides is 1. The van der Waals surface area contributed by atoms with Crippen molar-refractivity contribution < 1.29 is 4.79 Å². The quantitative estimate of drug-likeness (QED) is 0.875. The van der Waals surface area contributed by atoms with Crippen LogP contribution in [0.5, 0.6) is 0 Å². The summed E-state index contributed by atoms with van der Waals surface area (Å²) >= 11 is 0. The minimum Gasteiger partial charge on any atom is -0.353 e. The standard InChI is InChI=1S/C17H29N3O/c1-12(11-16-13(2)19-20(4)14(16)3)18-17(21)10-9-15-7-5-6-8-15/h12,15H,5-11H2,1-4H3,(H,18,21). The summed E-state index contributed by atoms with van der Waals surface area (Å²) in [7, 11) is 1.97. The monoisotopic (exact) mass is 291 g/mol. The van der Waals surface area contributed by atoms with Crippen LogP contribution in [0.15, 0.2) is 0 Å². The van der Waals surface area contributed by atoms with Gasteiger partial charge in [0.15, 0.2) is 0 Å². The molecule has 118 valence electrons. The maximum Gasteiger partial charge on any atom is 0.220 e. The number of hydrogen-bond acceptors (Lipinski definition) is 2. The summed E-state index contributed by atoms with van der Waals surface area (Å²) in [5, 5.41) is 7.58. The van der Waals surface area contributed by atoms with Gasteiger partial charge in [-0.15, -0.1) is 0 Å². The molecule has 1 heterocycles. The number of nitrogens with one attached hydrogen (secondary N) is 1. The van der Waals surface area contributed by atoms with Crippen molar-refractivity contribution in [2.75, 3.05) is 0 Å². The van der Waals surface area contributed by atoms with E-state index in [1.165, 1.54) is 36.9 Å². The maximum atomic E-state index is 12.0. The molecule has 1 unspecified atom stereocenters. The van der Waals surface area contributed by atoms with E-state index in [0.717, 1.165) is 24.5 Å². The first-order valence-electron chi connectivity index (χ1n) is 8.25. The lowest BCUT2D eigenvalue weighted by Crippen LogP contribution is -2.34. The molecule has 0 aliphatic heterocycles. The summed E-state index contributed by atoms with van der Waals surface area (Å²) in [6.45, 7) is 6.21. The van der Waals surface area contributed by atoms with Crippen LogP contribution in [-0.4, -0.2) is 21.7 Å². The van der Waals surface area contributed by atoms with Crippen molar-refractivity contribution in [2.24, 2.45) is 13.0 Å². The highest BCUT2D eigenvalue weighted by Gasteiger charge is 2.18. The van der Waals surface area contributed by atoms with Gasteiger partial charge in [-0.05, 0) is 45.1 Å². The van der Waals surface area contributed by atoms with E-state index in [2.05, 4.69) is 24.3 Å². The molecule has 0 saturated heterocycles.